The predicted octanol–water partition coefficient (Wildman–Crippen LogP) is 3.41. The fraction of sp³-hybridized carbons (Fsp3) is 0.500. The first-order valence-corrected chi connectivity index (χ1v) is 5.13. The SMILES string of the molecule is CCc1cccc(C(C)(O)CC(F)(F)F)c1. The molecule has 0 aliphatic rings. The van der Waals surface area contributed by atoms with E-state index in [0.717, 1.165) is 12.0 Å². The lowest BCUT2D eigenvalue weighted by molar-refractivity contribution is -0.174. The lowest BCUT2D eigenvalue weighted by Gasteiger charge is -2.25. The molecule has 1 aromatic rings. The lowest BCUT2D eigenvalue weighted by Crippen LogP contribution is -2.29. The van der Waals surface area contributed by atoms with E-state index in [2.05, 4.69) is 0 Å². The third kappa shape index (κ3) is 3.52. The van der Waals surface area contributed by atoms with E-state index in [1.54, 1.807) is 12.1 Å². The number of halogens is 3. The Bertz CT molecular complexity index is 356. The zero-order valence-corrected chi connectivity index (χ0v) is 9.30. The van der Waals surface area contributed by atoms with Crippen LogP contribution in [0.3, 0.4) is 0 Å². The Morgan fingerprint density at radius 1 is 1.25 bits per heavy atom. The van der Waals surface area contributed by atoms with E-state index in [9.17, 15) is 18.3 Å². The molecule has 1 rings (SSSR count). The molecule has 0 amide bonds. The average molecular weight is 232 g/mol. The summed E-state index contributed by atoms with van der Waals surface area (Å²) >= 11 is 0. The molecule has 1 nitrogen and oxygen atoms in total. The molecule has 4 heteroatoms. The van der Waals surface area contributed by atoms with Crippen LogP contribution < -0.4 is 0 Å². The lowest BCUT2D eigenvalue weighted by atomic mass is 9.91. The van der Waals surface area contributed by atoms with Crippen LogP contribution in [-0.2, 0) is 12.0 Å². The van der Waals surface area contributed by atoms with Gasteiger partial charge in [-0.1, -0.05) is 31.2 Å². The standard InChI is InChI=1S/C12H15F3O/c1-3-9-5-4-6-10(7-9)11(2,16)8-12(13,14)15/h4-7,16H,3,8H2,1-2H3. The van der Waals surface area contributed by atoms with E-state index in [0.29, 0.717) is 5.56 Å². The smallest absolute Gasteiger partial charge is 0.385 e. The highest BCUT2D eigenvalue weighted by Gasteiger charge is 2.39. The van der Waals surface area contributed by atoms with Crippen molar-refractivity contribution in [2.75, 3.05) is 0 Å². The van der Waals surface area contributed by atoms with Gasteiger partial charge in [0.25, 0.3) is 0 Å². The van der Waals surface area contributed by atoms with Crippen LogP contribution in [0.4, 0.5) is 13.2 Å². The summed E-state index contributed by atoms with van der Waals surface area (Å²) in [6.07, 6.45) is -4.87. The van der Waals surface area contributed by atoms with Crippen molar-refractivity contribution >= 4 is 0 Å². The van der Waals surface area contributed by atoms with Crippen molar-refractivity contribution in [3.63, 3.8) is 0 Å². The first kappa shape index (κ1) is 13.0. The molecule has 0 aliphatic carbocycles. The molecule has 0 saturated heterocycles. The topological polar surface area (TPSA) is 20.2 Å². The van der Waals surface area contributed by atoms with Crippen molar-refractivity contribution in [3.8, 4) is 0 Å². The number of hydrogen-bond donors (Lipinski definition) is 1. The van der Waals surface area contributed by atoms with Crippen LogP contribution in [0.25, 0.3) is 0 Å². The molecule has 1 N–H and O–H groups in total. The van der Waals surface area contributed by atoms with Crippen LogP contribution in [0.1, 0.15) is 31.4 Å². The van der Waals surface area contributed by atoms with Crippen molar-refractivity contribution in [1.29, 1.82) is 0 Å². The Kier molecular flexibility index (Phi) is 3.63. The Morgan fingerprint density at radius 2 is 1.88 bits per heavy atom. The second-order valence-corrected chi connectivity index (χ2v) is 4.12. The molecule has 0 fully saturated rings. The van der Waals surface area contributed by atoms with Crippen molar-refractivity contribution in [2.45, 2.75) is 38.5 Å². The molecule has 90 valence electrons. The largest absolute Gasteiger partial charge is 0.392 e. The second kappa shape index (κ2) is 4.45. The zero-order chi connectivity index (χ0) is 12.4. The first-order chi connectivity index (χ1) is 7.24. The van der Waals surface area contributed by atoms with Crippen LogP contribution in [0.2, 0.25) is 0 Å². The Hall–Kier alpha value is -1.03. The van der Waals surface area contributed by atoms with Crippen LogP contribution in [-0.4, -0.2) is 11.3 Å². The van der Waals surface area contributed by atoms with E-state index in [-0.39, 0.29) is 0 Å². The Balaban J connectivity index is 2.97. The molecule has 0 saturated carbocycles. The monoisotopic (exact) mass is 232 g/mol. The molecular formula is C12H15F3O. The van der Waals surface area contributed by atoms with Crippen molar-refractivity contribution in [3.05, 3.63) is 35.4 Å². The summed E-state index contributed by atoms with van der Waals surface area (Å²) in [5.41, 5.74) is -0.632. The molecule has 1 aromatic carbocycles. The third-order valence-electron chi connectivity index (χ3n) is 2.50. The van der Waals surface area contributed by atoms with Crippen LogP contribution in [0.5, 0.6) is 0 Å². The van der Waals surface area contributed by atoms with Gasteiger partial charge in [0.2, 0.25) is 0 Å². The third-order valence-corrected chi connectivity index (χ3v) is 2.50. The fourth-order valence-electron chi connectivity index (χ4n) is 1.62. The number of aliphatic hydroxyl groups is 1. The summed E-state index contributed by atoms with van der Waals surface area (Å²) in [6, 6.07) is 6.63. The van der Waals surface area contributed by atoms with E-state index in [1.165, 1.54) is 13.0 Å². The van der Waals surface area contributed by atoms with Gasteiger partial charge in [0.05, 0.1) is 12.0 Å². The van der Waals surface area contributed by atoms with E-state index in [4.69, 9.17) is 0 Å². The minimum atomic E-state index is -4.37. The van der Waals surface area contributed by atoms with Crippen molar-refractivity contribution < 1.29 is 18.3 Å². The fourth-order valence-corrected chi connectivity index (χ4v) is 1.62. The van der Waals surface area contributed by atoms with E-state index < -0.39 is 18.2 Å². The molecule has 0 aromatic heterocycles. The maximum Gasteiger partial charge on any atom is 0.392 e. The van der Waals surface area contributed by atoms with Gasteiger partial charge < -0.3 is 5.11 Å². The molecule has 0 heterocycles. The molecule has 0 bridgehead atoms. The number of hydrogen-bond acceptors (Lipinski definition) is 1. The highest BCUT2D eigenvalue weighted by Crippen LogP contribution is 2.34. The van der Waals surface area contributed by atoms with Crippen LogP contribution >= 0.6 is 0 Å². The summed E-state index contributed by atoms with van der Waals surface area (Å²) in [5.74, 6) is 0. The van der Waals surface area contributed by atoms with Gasteiger partial charge in [-0.15, -0.1) is 0 Å². The van der Waals surface area contributed by atoms with Crippen LogP contribution in [0.15, 0.2) is 24.3 Å². The zero-order valence-electron chi connectivity index (χ0n) is 9.30. The molecule has 0 aliphatic heterocycles. The van der Waals surface area contributed by atoms with Gasteiger partial charge in [-0.2, -0.15) is 13.2 Å². The quantitative estimate of drug-likeness (QED) is 0.846. The maximum atomic E-state index is 12.3. The van der Waals surface area contributed by atoms with Gasteiger partial charge in [0.15, 0.2) is 0 Å². The molecule has 1 unspecified atom stereocenters. The average Bonchev–Trinajstić information content (AvgIpc) is 2.14. The van der Waals surface area contributed by atoms with Crippen molar-refractivity contribution in [1.82, 2.24) is 0 Å². The number of rotatable bonds is 3. The molecular weight excluding hydrogens is 217 g/mol. The van der Waals surface area contributed by atoms with Gasteiger partial charge in [-0.05, 0) is 24.5 Å². The summed E-state index contributed by atoms with van der Waals surface area (Å²) in [7, 11) is 0. The number of aryl methyl sites for hydroxylation is 1. The molecule has 0 spiro atoms. The Morgan fingerprint density at radius 3 is 2.38 bits per heavy atom. The predicted molar refractivity (Wildman–Crippen MR) is 56.1 cm³/mol. The molecule has 16 heavy (non-hydrogen) atoms. The van der Waals surface area contributed by atoms with Gasteiger partial charge in [0, 0.05) is 0 Å². The van der Waals surface area contributed by atoms with E-state index >= 15 is 0 Å². The second-order valence-electron chi connectivity index (χ2n) is 4.12. The van der Waals surface area contributed by atoms with Gasteiger partial charge in [-0.3, -0.25) is 0 Å². The maximum absolute atomic E-state index is 12.3. The highest BCUT2D eigenvalue weighted by molar-refractivity contribution is 5.27. The summed E-state index contributed by atoms with van der Waals surface area (Å²) in [4.78, 5) is 0. The van der Waals surface area contributed by atoms with Gasteiger partial charge >= 0.3 is 6.18 Å². The highest BCUT2D eigenvalue weighted by atomic mass is 19.4. The minimum absolute atomic E-state index is 0.309. The summed E-state index contributed by atoms with van der Waals surface area (Å²) in [6.45, 7) is 3.10. The minimum Gasteiger partial charge on any atom is -0.385 e. The number of benzene rings is 1. The van der Waals surface area contributed by atoms with E-state index in [1.807, 2.05) is 13.0 Å². The molecule has 0 radical (unpaired) electrons. The van der Waals surface area contributed by atoms with Crippen LogP contribution in [0, 0.1) is 0 Å². The van der Waals surface area contributed by atoms with Gasteiger partial charge in [0.1, 0.15) is 0 Å². The normalized spacial score (nSPS) is 15.9. The number of alkyl halides is 3. The summed E-state index contributed by atoms with van der Waals surface area (Å²) < 4.78 is 36.8. The first-order valence-electron chi connectivity index (χ1n) is 5.13. The van der Waals surface area contributed by atoms with Gasteiger partial charge in [-0.25, -0.2) is 0 Å². The summed E-state index contributed by atoms with van der Waals surface area (Å²) in [5, 5.41) is 9.82. The Labute approximate surface area is 92.9 Å². The van der Waals surface area contributed by atoms with Crippen molar-refractivity contribution in [2.24, 2.45) is 0 Å². The molecule has 1 atom stereocenters.